The van der Waals surface area contributed by atoms with Crippen molar-refractivity contribution in [1.82, 2.24) is 0 Å². The summed E-state index contributed by atoms with van der Waals surface area (Å²) in [6.07, 6.45) is 2.48. The van der Waals surface area contributed by atoms with Crippen LogP contribution in [0, 0.1) is 5.92 Å². The largest absolute Gasteiger partial charge is 0.396 e. The normalized spacial score (nSPS) is 16.4. The summed E-state index contributed by atoms with van der Waals surface area (Å²) < 4.78 is 0. The fraction of sp³-hybridized carbons (Fsp3) is 1.00. The molecule has 0 saturated heterocycles. The van der Waals surface area contributed by atoms with Gasteiger partial charge in [0.25, 0.3) is 0 Å². The Morgan fingerprint density at radius 1 is 1.36 bits per heavy atom. The lowest BCUT2D eigenvalue weighted by molar-refractivity contribution is 0.189. The van der Waals surface area contributed by atoms with Crippen molar-refractivity contribution in [2.75, 3.05) is 13.2 Å². The molecule has 0 rings (SSSR count). The van der Waals surface area contributed by atoms with Crippen LogP contribution in [-0.4, -0.2) is 29.5 Å². The number of aliphatic hydroxyl groups is 2. The summed E-state index contributed by atoms with van der Waals surface area (Å²) >= 11 is 0. The molecule has 0 aliphatic heterocycles. The van der Waals surface area contributed by atoms with Gasteiger partial charge in [-0.15, -0.1) is 0 Å². The molecule has 0 spiro atoms. The van der Waals surface area contributed by atoms with Gasteiger partial charge in [-0.1, -0.05) is 0 Å². The van der Waals surface area contributed by atoms with Crippen LogP contribution in [-0.2, 0) is 0 Å². The maximum atomic E-state index is 8.86. The van der Waals surface area contributed by atoms with Gasteiger partial charge in [0.05, 0.1) is 0 Å². The topological polar surface area (TPSA) is 66.5 Å². The maximum absolute atomic E-state index is 8.86. The first kappa shape index (κ1) is 10.9. The Labute approximate surface area is 68.2 Å². The molecule has 0 bridgehead atoms. The average Bonchev–Trinajstić information content (AvgIpc) is 1.97. The fourth-order valence-electron chi connectivity index (χ4n) is 1.19. The van der Waals surface area contributed by atoms with Crippen molar-refractivity contribution in [3.05, 3.63) is 0 Å². The zero-order valence-electron chi connectivity index (χ0n) is 7.16. The second kappa shape index (κ2) is 6.58. The molecule has 2 atom stereocenters. The van der Waals surface area contributed by atoms with Crippen molar-refractivity contribution >= 4 is 0 Å². The molecule has 11 heavy (non-hydrogen) atoms. The van der Waals surface area contributed by atoms with E-state index in [0.29, 0.717) is 0 Å². The number of nitrogens with two attached hydrogens (primary N) is 1. The van der Waals surface area contributed by atoms with Crippen molar-refractivity contribution < 1.29 is 10.2 Å². The molecule has 68 valence electrons. The predicted molar refractivity (Wildman–Crippen MR) is 45.2 cm³/mol. The van der Waals surface area contributed by atoms with Gasteiger partial charge in [0.15, 0.2) is 0 Å². The number of aliphatic hydroxyl groups excluding tert-OH is 2. The van der Waals surface area contributed by atoms with E-state index in [1.165, 1.54) is 0 Å². The van der Waals surface area contributed by atoms with Crippen LogP contribution in [0.25, 0.3) is 0 Å². The predicted octanol–water partition coefficient (Wildman–Crippen LogP) is 0.105. The molecule has 0 radical (unpaired) electrons. The third kappa shape index (κ3) is 6.28. The first-order chi connectivity index (χ1) is 5.20. The lowest BCUT2D eigenvalue weighted by Crippen LogP contribution is -2.21. The molecule has 0 aromatic carbocycles. The van der Waals surface area contributed by atoms with E-state index in [0.717, 1.165) is 19.3 Å². The van der Waals surface area contributed by atoms with E-state index in [-0.39, 0.29) is 25.2 Å². The van der Waals surface area contributed by atoms with E-state index in [2.05, 4.69) is 0 Å². The molecule has 0 amide bonds. The highest BCUT2D eigenvalue weighted by Crippen LogP contribution is 2.11. The lowest BCUT2D eigenvalue weighted by Gasteiger charge is -2.15. The van der Waals surface area contributed by atoms with Crippen molar-refractivity contribution in [2.45, 2.75) is 32.2 Å². The summed E-state index contributed by atoms with van der Waals surface area (Å²) in [4.78, 5) is 0. The van der Waals surface area contributed by atoms with Crippen LogP contribution in [0.2, 0.25) is 0 Å². The standard InChI is InChI=1S/C8H19NO2/c1-7(9)5-8(6-11)3-2-4-10/h7-8,10-11H,2-6,9H2,1H3. The van der Waals surface area contributed by atoms with Crippen LogP contribution in [0.5, 0.6) is 0 Å². The molecule has 0 saturated carbocycles. The van der Waals surface area contributed by atoms with Gasteiger partial charge in [0, 0.05) is 19.3 Å². The van der Waals surface area contributed by atoms with Gasteiger partial charge in [-0.25, -0.2) is 0 Å². The van der Waals surface area contributed by atoms with Crippen LogP contribution in [0.3, 0.4) is 0 Å². The van der Waals surface area contributed by atoms with Gasteiger partial charge >= 0.3 is 0 Å². The number of hydrogen-bond donors (Lipinski definition) is 3. The SMILES string of the molecule is CC(N)CC(CO)CCCO. The van der Waals surface area contributed by atoms with Gasteiger partial charge < -0.3 is 15.9 Å². The molecule has 0 aliphatic carbocycles. The molecule has 0 aromatic heterocycles. The summed E-state index contributed by atoms with van der Waals surface area (Å²) in [6.45, 7) is 2.32. The van der Waals surface area contributed by atoms with Crippen LogP contribution >= 0.6 is 0 Å². The summed E-state index contributed by atoms with van der Waals surface area (Å²) in [5.41, 5.74) is 5.57. The van der Waals surface area contributed by atoms with Gasteiger partial charge in [0.1, 0.15) is 0 Å². The molecule has 2 unspecified atom stereocenters. The van der Waals surface area contributed by atoms with Crippen molar-refractivity contribution in [3.8, 4) is 0 Å². The minimum atomic E-state index is 0.144. The Hall–Kier alpha value is -0.120. The smallest absolute Gasteiger partial charge is 0.0459 e. The monoisotopic (exact) mass is 161 g/mol. The van der Waals surface area contributed by atoms with Crippen LogP contribution in [0.15, 0.2) is 0 Å². The summed E-state index contributed by atoms with van der Waals surface area (Å²) in [7, 11) is 0. The highest BCUT2D eigenvalue weighted by molar-refractivity contribution is 4.63. The summed E-state index contributed by atoms with van der Waals surface area (Å²) in [5.74, 6) is 0.266. The molecule has 3 heteroatoms. The van der Waals surface area contributed by atoms with Gasteiger partial charge in [-0.05, 0) is 32.1 Å². The minimum absolute atomic E-state index is 0.144. The van der Waals surface area contributed by atoms with Crippen molar-refractivity contribution in [1.29, 1.82) is 0 Å². The Bertz CT molecular complexity index is 86.2. The van der Waals surface area contributed by atoms with Gasteiger partial charge in [-0.2, -0.15) is 0 Å². The van der Waals surface area contributed by atoms with Crippen LogP contribution < -0.4 is 5.73 Å². The molecule has 3 nitrogen and oxygen atoms in total. The second-order valence-electron chi connectivity index (χ2n) is 3.13. The number of hydrogen-bond acceptors (Lipinski definition) is 3. The fourth-order valence-corrected chi connectivity index (χ4v) is 1.19. The summed E-state index contributed by atoms with van der Waals surface area (Å²) in [6, 6.07) is 0.144. The lowest BCUT2D eigenvalue weighted by atomic mass is 9.97. The molecular weight excluding hydrogens is 142 g/mol. The average molecular weight is 161 g/mol. The van der Waals surface area contributed by atoms with Gasteiger partial charge in [-0.3, -0.25) is 0 Å². The van der Waals surface area contributed by atoms with Crippen LogP contribution in [0.4, 0.5) is 0 Å². The molecule has 0 fully saturated rings. The van der Waals surface area contributed by atoms with E-state index >= 15 is 0 Å². The summed E-state index contributed by atoms with van der Waals surface area (Å²) in [5, 5.41) is 17.4. The van der Waals surface area contributed by atoms with E-state index < -0.39 is 0 Å². The molecule has 0 aromatic rings. The van der Waals surface area contributed by atoms with E-state index in [1.54, 1.807) is 0 Å². The highest BCUT2D eigenvalue weighted by atomic mass is 16.3. The quantitative estimate of drug-likeness (QED) is 0.518. The number of rotatable bonds is 6. The molecular formula is C8H19NO2. The zero-order chi connectivity index (χ0) is 8.69. The Kier molecular flexibility index (Phi) is 6.51. The van der Waals surface area contributed by atoms with Crippen LogP contribution in [0.1, 0.15) is 26.2 Å². The zero-order valence-corrected chi connectivity index (χ0v) is 7.16. The second-order valence-corrected chi connectivity index (χ2v) is 3.13. The molecule has 4 N–H and O–H groups in total. The van der Waals surface area contributed by atoms with Crippen molar-refractivity contribution in [2.24, 2.45) is 11.7 Å². The van der Waals surface area contributed by atoms with Gasteiger partial charge in [0.2, 0.25) is 0 Å². The molecule has 0 aliphatic rings. The third-order valence-electron chi connectivity index (χ3n) is 1.73. The third-order valence-corrected chi connectivity index (χ3v) is 1.73. The Morgan fingerprint density at radius 3 is 2.36 bits per heavy atom. The van der Waals surface area contributed by atoms with E-state index in [4.69, 9.17) is 15.9 Å². The van der Waals surface area contributed by atoms with E-state index in [1.807, 2.05) is 6.92 Å². The maximum Gasteiger partial charge on any atom is 0.0459 e. The van der Waals surface area contributed by atoms with Crippen molar-refractivity contribution in [3.63, 3.8) is 0 Å². The highest BCUT2D eigenvalue weighted by Gasteiger charge is 2.08. The molecule has 0 heterocycles. The van der Waals surface area contributed by atoms with E-state index in [9.17, 15) is 0 Å². The Morgan fingerprint density at radius 2 is 2.00 bits per heavy atom. The Balaban J connectivity index is 3.41. The minimum Gasteiger partial charge on any atom is -0.396 e. The first-order valence-electron chi connectivity index (χ1n) is 4.18. The first-order valence-corrected chi connectivity index (χ1v) is 4.18.